The molecule has 2 aromatic carbocycles. The molecule has 0 atom stereocenters. The lowest BCUT2D eigenvalue weighted by molar-refractivity contribution is -0.146. The van der Waals surface area contributed by atoms with Gasteiger partial charge in [-0.1, -0.05) is 12.1 Å². The largest absolute Gasteiger partial charge is 0.493 e. The van der Waals surface area contributed by atoms with Crippen LogP contribution in [0, 0.1) is 0 Å². The number of nitrogens with zero attached hydrogens (tertiary/aromatic N) is 1. The first-order valence-corrected chi connectivity index (χ1v) is 9.14. The van der Waals surface area contributed by atoms with Crippen LogP contribution in [0.2, 0.25) is 0 Å². The average Bonchev–Trinajstić information content (AvgIpc) is 3.04. The molecule has 1 heterocycles. The van der Waals surface area contributed by atoms with Crippen LogP contribution in [0.1, 0.15) is 23.7 Å². The second-order valence-electron chi connectivity index (χ2n) is 6.38. The molecule has 0 radical (unpaired) electrons. The number of ether oxygens (including phenoxy) is 3. The molecule has 0 aliphatic rings. The lowest BCUT2D eigenvalue weighted by Crippen LogP contribution is -2.19. The Morgan fingerprint density at radius 1 is 1.10 bits per heavy atom. The molecular weight excluding hydrogens is 376 g/mol. The number of imidazole rings is 1. The topological polar surface area (TPSA) is 99.6 Å². The van der Waals surface area contributed by atoms with Crippen molar-refractivity contribution in [1.29, 1.82) is 0 Å². The molecule has 8 nitrogen and oxygen atoms in total. The summed E-state index contributed by atoms with van der Waals surface area (Å²) in [7, 11) is 1.46. The number of hydrogen-bond acceptors (Lipinski definition) is 6. The number of carbonyl (C=O) groups excluding carboxylic acids is 2. The maximum absolute atomic E-state index is 12.0. The van der Waals surface area contributed by atoms with Crippen LogP contribution < -0.4 is 15.2 Å². The minimum absolute atomic E-state index is 0.0939. The summed E-state index contributed by atoms with van der Waals surface area (Å²) in [5, 5.41) is 0. The number of esters is 1. The number of aromatic amines is 1. The monoisotopic (exact) mass is 398 g/mol. The summed E-state index contributed by atoms with van der Waals surface area (Å²) < 4.78 is 17.4. The normalized spacial score (nSPS) is 10.7. The van der Waals surface area contributed by atoms with Gasteiger partial charge in [0.1, 0.15) is 0 Å². The van der Waals surface area contributed by atoms with E-state index in [9.17, 15) is 14.4 Å². The number of aromatic nitrogens is 2. The lowest BCUT2D eigenvalue weighted by atomic mass is 10.1. The standard InChI is InChI=1S/C21H22N2O6/c1-14(24)15-8-9-18(19(12-15)27-2)29-13-20(25)28-11-5-10-23-17-7-4-3-6-16(17)22-21(23)26/h3-4,6-9,12H,5,10-11,13H2,1-2H3,(H,22,26). The summed E-state index contributed by atoms with van der Waals surface area (Å²) in [5.74, 6) is 0.0848. The molecule has 0 bridgehead atoms. The van der Waals surface area contributed by atoms with Gasteiger partial charge in [0.2, 0.25) is 0 Å². The smallest absolute Gasteiger partial charge is 0.344 e. The highest BCUT2D eigenvalue weighted by atomic mass is 16.6. The zero-order valence-electron chi connectivity index (χ0n) is 16.3. The number of para-hydroxylation sites is 2. The highest BCUT2D eigenvalue weighted by Gasteiger charge is 2.11. The van der Waals surface area contributed by atoms with E-state index in [0.29, 0.717) is 30.0 Å². The number of H-pyrrole nitrogens is 1. The van der Waals surface area contributed by atoms with Gasteiger partial charge in [-0.25, -0.2) is 9.59 Å². The van der Waals surface area contributed by atoms with E-state index in [2.05, 4.69) is 4.98 Å². The van der Waals surface area contributed by atoms with Crippen molar-refractivity contribution in [3.05, 3.63) is 58.5 Å². The number of carbonyl (C=O) groups is 2. The van der Waals surface area contributed by atoms with Gasteiger partial charge in [-0.3, -0.25) is 9.36 Å². The van der Waals surface area contributed by atoms with Gasteiger partial charge < -0.3 is 19.2 Å². The third-order valence-electron chi connectivity index (χ3n) is 4.39. The van der Waals surface area contributed by atoms with E-state index in [0.717, 1.165) is 11.0 Å². The maximum Gasteiger partial charge on any atom is 0.344 e. The van der Waals surface area contributed by atoms with E-state index in [1.165, 1.54) is 14.0 Å². The molecule has 1 aromatic heterocycles. The SMILES string of the molecule is COc1cc(C(C)=O)ccc1OCC(=O)OCCCn1c(=O)[nH]c2ccccc21. The van der Waals surface area contributed by atoms with Gasteiger partial charge in [-0.05, 0) is 43.7 Å². The second-order valence-corrected chi connectivity index (χ2v) is 6.38. The summed E-state index contributed by atoms with van der Waals surface area (Å²) in [5.41, 5.74) is 1.88. The third-order valence-corrected chi connectivity index (χ3v) is 4.39. The molecule has 0 unspecified atom stereocenters. The number of nitrogens with one attached hydrogen (secondary N) is 1. The molecule has 3 aromatic rings. The molecule has 0 saturated heterocycles. The van der Waals surface area contributed by atoms with Gasteiger partial charge in [0.25, 0.3) is 0 Å². The molecule has 8 heteroatoms. The number of benzene rings is 2. The van der Waals surface area contributed by atoms with Crippen molar-refractivity contribution in [3.8, 4) is 11.5 Å². The van der Waals surface area contributed by atoms with Crippen molar-refractivity contribution in [1.82, 2.24) is 9.55 Å². The van der Waals surface area contributed by atoms with Gasteiger partial charge >= 0.3 is 11.7 Å². The third kappa shape index (κ3) is 4.84. The van der Waals surface area contributed by atoms with Gasteiger partial charge in [-0.2, -0.15) is 0 Å². The van der Waals surface area contributed by atoms with Gasteiger partial charge in [-0.15, -0.1) is 0 Å². The van der Waals surface area contributed by atoms with Crippen LogP contribution >= 0.6 is 0 Å². The summed E-state index contributed by atoms with van der Waals surface area (Å²) in [6.45, 7) is 1.76. The fourth-order valence-electron chi connectivity index (χ4n) is 2.92. The molecule has 152 valence electrons. The molecule has 0 fully saturated rings. The molecule has 3 rings (SSSR count). The van der Waals surface area contributed by atoms with Crippen molar-refractivity contribution in [2.75, 3.05) is 20.3 Å². The highest BCUT2D eigenvalue weighted by molar-refractivity contribution is 5.94. The molecule has 0 aliphatic heterocycles. The van der Waals surface area contributed by atoms with Gasteiger partial charge in [0.15, 0.2) is 23.9 Å². The number of hydrogen-bond donors (Lipinski definition) is 1. The molecule has 0 amide bonds. The molecule has 0 spiro atoms. The predicted octanol–water partition coefficient (Wildman–Crippen LogP) is 2.55. The predicted molar refractivity (Wildman–Crippen MR) is 107 cm³/mol. The maximum atomic E-state index is 12.0. The minimum atomic E-state index is -0.533. The first kappa shape index (κ1) is 20.2. The van der Waals surface area contributed by atoms with Crippen LogP contribution in [0.25, 0.3) is 11.0 Å². The zero-order chi connectivity index (χ0) is 20.8. The number of ketones is 1. The van der Waals surface area contributed by atoms with Crippen molar-refractivity contribution in [2.45, 2.75) is 19.9 Å². The Morgan fingerprint density at radius 3 is 2.66 bits per heavy atom. The highest BCUT2D eigenvalue weighted by Crippen LogP contribution is 2.28. The first-order valence-electron chi connectivity index (χ1n) is 9.14. The van der Waals surface area contributed by atoms with Crippen molar-refractivity contribution in [3.63, 3.8) is 0 Å². The second kappa shape index (κ2) is 9.09. The number of aryl methyl sites for hydroxylation is 1. The number of fused-ring (bicyclic) bond motifs is 1. The lowest BCUT2D eigenvalue weighted by Gasteiger charge is -2.11. The summed E-state index contributed by atoms with van der Waals surface area (Å²) in [6.07, 6.45) is 0.490. The summed E-state index contributed by atoms with van der Waals surface area (Å²) >= 11 is 0. The Balaban J connectivity index is 1.47. The van der Waals surface area contributed by atoms with Crippen LogP contribution in [-0.4, -0.2) is 41.6 Å². The molecular formula is C21H22N2O6. The van der Waals surface area contributed by atoms with E-state index >= 15 is 0 Å². The fraction of sp³-hybridized carbons (Fsp3) is 0.286. The number of Topliss-reactive ketones (excluding diaryl/α,β-unsaturated/α-hetero) is 1. The minimum Gasteiger partial charge on any atom is -0.493 e. The average molecular weight is 398 g/mol. The van der Waals surface area contributed by atoms with Crippen LogP contribution in [0.3, 0.4) is 0 Å². The summed E-state index contributed by atoms with van der Waals surface area (Å²) in [6, 6.07) is 12.1. The number of methoxy groups -OCH3 is 1. The van der Waals surface area contributed by atoms with Crippen molar-refractivity contribution in [2.24, 2.45) is 0 Å². The summed E-state index contributed by atoms with van der Waals surface area (Å²) in [4.78, 5) is 38.1. The van der Waals surface area contributed by atoms with Crippen LogP contribution in [0.5, 0.6) is 11.5 Å². The Morgan fingerprint density at radius 2 is 1.90 bits per heavy atom. The van der Waals surface area contributed by atoms with E-state index in [1.54, 1.807) is 22.8 Å². The quantitative estimate of drug-likeness (QED) is 0.338. The Hall–Kier alpha value is -3.55. The zero-order valence-corrected chi connectivity index (χ0v) is 16.3. The first-order chi connectivity index (χ1) is 14.0. The molecule has 0 saturated carbocycles. The van der Waals surface area contributed by atoms with Gasteiger partial charge in [0, 0.05) is 12.1 Å². The Labute approximate surface area is 167 Å². The Kier molecular flexibility index (Phi) is 6.33. The van der Waals surface area contributed by atoms with E-state index in [1.807, 2.05) is 24.3 Å². The van der Waals surface area contributed by atoms with E-state index in [4.69, 9.17) is 14.2 Å². The van der Waals surface area contributed by atoms with Crippen LogP contribution in [0.4, 0.5) is 0 Å². The van der Waals surface area contributed by atoms with Crippen LogP contribution in [-0.2, 0) is 16.1 Å². The van der Waals surface area contributed by atoms with E-state index < -0.39 is 5.97 Å². The van der Waals surface area contributed by atoms with Crippen molar-refractivity contribution >= 4 is 22.8 Å². The molecule has 1 N–H and O–H groups in total. The van der Waals surface area contributed by atoms with Crippen LogP contribution in [0.15, 0.2) is 47.3 Å². The Bertz CT molecular complexity index is 1080. The molecule has 29 heavy (non-hydrogen) atoms. The van der Waals surface area contributed by atoms with Crippen molar-refractivity contribution < 1.29 is 23.8 Å². The van der Waals surface area contributed by atoms with E-state index in [-0.39, 0.29) is 24.7 Å². The fourth-order valence-corrected chi connectivity index (χ4v) is 2.92. The van der Waals surface area contributed by atoms with Gasteiger partial charge in [0.05, 0.1) is 24.8 Å². The number of rotatable bonds is 9. The molecule has 0 aliphatic carbocycles.